The van der Waals surface area contributed by atoms with Gasteiger partial charge in [0.05, 0.1) is 23.7 Å². The van der Waals surface area contributed by atoms with Crippen LogP contribution in [0.2, 0.25) is 0 Å². The highest BCUT2D eigenvalue weighted by molar-refractivity contribution is 5.91. The van der Waals surface area contributed by atoms with E-state index in [4.69, 9.17) is 0 Å². The molecule has 1 amide bonds. The molecule has 1 unspecified atom stereocenters. The predicted octanol–water partition coefficient (Wildman–Crippen LogP) is 1.07. The second-order valence-corrected chi connectivity index (χ2v) is 4.09. The van der Waals surface area contributed by atoms with E-state index in [-0.39, 0.29) is 5.91 Å². The molecule has 0 fully saturated rings. The van der Waals surface area contributed by atoms with Crippen LogP contribution in [0.5, 0.6) is 0 Å². The number of pyridine rings is 1. The number of aromatic nitrogens is 3. The quantitative estimate of drug-likeness (QED) is 0.861. The molecule has 2 aromatic heterocycles. The van der Waals surface area contributed by atoms with Gasteiger partial charge in [-0.25, -0.2) is 4.68 Å². The molecular formula is C13H16N4O2. The molecule has 0 aromatic carbocycles. The van der Waals surface area contributed by atoms with E-state index < -0.39 is 6.10 Å². The van der Waals surface area contributed by atoms with Gasteiger partial charge in [0.1, 0.15) is 0 Å². The minimum absolute atomic E-state index is 0.232. The molecule has 0 bridgehead atoms. The van der Waals surface area contributed by atoms with Gasteiger partial charge in [0.15, 0.2) is 5.69 Å². The first kappa shape index (κ1) is 13.2. The maximum atomic E-state index is 11.4. The van der Waals surface area contributed by atoms with E-state index >= 15 is 0 Å². The molecule has 1 atom stereocenters. The average Bonchev–Trinajstić information content (AvgIpc) is 2.95. The molecule has 2 heterocycles. The summed E-state index contributed by atoms with van der Waals surface area (Å²) in [6.45, 7) is 1.89. The summed E-state index contributed by atoms with van der Waals surface area (Å²) >= 11 is 0. The van der Waals surface area contributed by atoms with E-state index in [9.17, 15) is 9.90 Å². The van der Waals surface area contributed by atoms with Crippen LogP contribution in [-0.2, 0) is 0 Å². The Kier molecular flexibility index (Phi) is 3.91. The summed E-state index contributed by atoms with van der Waals surface area (Å²) in [6.07, 6.45) is 3.38. The number of hydrogen-bond acceptors (Lipinski definition) is 4. The van der Waals surface area contributed by atoms with Crippen molar-refractivity contribution in [3.63, 3.8) is 0 Å². The average molecular weight is 260 g/mol. The molecule has 6 heteroatoms. The summed E-state index contributed by atoms with van der Waals surface area (Å²) in [6, 6.07) is 5.19. The van der Waals surface area contributed by atoms with Crippen molar-refractivity contribution in [1.82, 2.24) is 20.1 Å². The van der Waals surface area contributed by atoms with Crippen LogP contribution in [0.3, 0.4) is 0 Å². The third kappa shape index (κ3) is 2.79. The highest BCUT2D eigenvalue weighted by Gasteiger charge is 2.09. The molecule has 2 rings (SSSR count). The van der Waals surface area contributed by atoms with Gasteiger partial charge in [-0.1, -0.05) is 6.92 Å². The Morgan fingerprint density at radius 2 is 2.26 bits per heavy atom. The fraction of sp³-hybridized carbons (Fsp3) is 0.308. The summed E-state index contributed by atoms with van der Waals surface area (Å²) in [5.74, 6) is -0.232. The molecular weight excluding hydrogens is 244 g/mol. The molecule has 6 nitrogen and oxygen atoms in total. The van der Waals surface area contributed by atoms with Crippen molar-refractivity contribution < 1.29 is 9.90 Å². The first-order valence-electron chi connectivity index (χ1n) is 6.07. The van der Waals surface area contributed by atoms with Crippen molar-refractivity contribution >= 4 is 5.91 Å². The van der Waals surface area contributed by atoms with Crippen molar-refractivity contribution in [3.8, 4) is 5.69 Å². The molecule has 0 aliphatic carbocycles. The number of hydrogen-bond donors (Lipinski definition) is 2. The normalized spacial score (nSPS) is 12.2. The molecule has 100 valence electrons. The molecule has 19 heavy (non-hydrogen) atoms. The summed E-state index contributed by atoms with van der Waals surface area (Å²) in [5.41, 5.74) is 1.72. The zero-order valence-electron chi connectivity index (χ0n) is 10.9. The lowest BCUT2D eigenvalue weighted by molar-refractivity contribution is 0.0957. The lowest BCUT2D eigenvalue weighted by Gasteiger charge is -2.07. The van der Waals surface area contributed by atoms with Gasteiger partial charge in [0.2, 0.25) is 0 Å². The van der Waals surface area contributed by atoms with E-state index in [1.165, 1.54) is 0 Å². The van der Waals surface area contributed by atoms with E-state index in [1.807, 2.05) is 13.0 Å². The van der Waals surface area contributed by atoms with Crippen LogP contribution in [-0.4, -0.2) is 32.8 Å². The largest absolute Gasteiger partial charge is 0.387 e. The fourth-order valence-corrected chi connectivity index (χ4v) is 1.66. The van der Waals surface area contributed by atoms with Crippen molar-refractivity contribution in [1.29, 1.82) is 0 Å². The number of nitrogens with zero attached hydrogens (tertiary/aromatic N) is 3. The first-order valence-corrected chi connectivity index (χ1v) is 6.07. The SMILES string of the molecule is CCC(O)c1ccc(-n2ccc(C(=O)NC)n2)cn1. The Morgan fingerprint density at radius 1 is 1.47 bits per heavy atom. The minimum Gasteiger partial charge on any atom is -0.387 e. The minimum atomic E-state index is -0.548. The van der Waals surface area contributed by atoms with Gasteiger partial charge in [-0.2, -0.15) is 5.10 Å². The summed E-state index contributed by atoms with van der Waals surface area (Å²) in [4.78, 5) is 15.6. The van der Waals surface area contributed by atoms with Gasteiger partial charge in [-0.15, -0.1) is 0 Å². The van der Waals surface area contributed by atoms with E-state index in [1.54, 1.807) is 36.3 Å². The molecule has 0 radical (unpaired) electrons. The van der Waals surface area contributed by atoms with E-state index in [0.29, 0.717) is 17.8 Å². The number of carbonyl (C=O) groups excluding carboxylic acids is 1. The number of nitrogens with one attached hydrogen (secondary N) is 1. The van der Waals surface area contributed by atoms with Gasteiger partial charge in [-0.3, -0.25) is 9.78 Å². The van der Waals surface area contributed by atoms with Crippen LogP contribution in [0.4, 0.5) is 0 Å². The monoisotopic (exact) mass is 260 g/mol. The third-order valence-electron chi connectivity index (χ3n) is 2.81. The van der Waals surface area contributed by atoms with Crippen LogP contribution < -0.4 is 5.32 Å². The maximum Gasteiger partial charge on any atom is 0.271 e. The van der Waals surface area contributed by atoms with Crippen LogP contribution in [0.1, 0.15) is 35.6 Å². The van der Waals surface area contributed by atoms with Crippen molar-refractivity contribution in [2.75, 3.05) is 7.05 Å². The summed E-state index contributed by atoms with van der Waals surface area (Å²) in [5, 5.41) is 16.3. The molecule has 2 aromatic rings. The van der Waals surface area contributed by atoms with Gasteiger partial charge in [0, 0.05) is 13.2 Å². The maximum absolute atomic E-state index is 11.4. The number of aliphatic hydroxyl groups excluding tert-OH is 1. The topological polar surface area (TPSA) is 80.0 Å². The Morgan fingerprint density at radius 3 is 2.84 bits per heavy atom. The van der Waals surface area contributed by atoms with Crippen LogP contribution in [0.15, 0.2) is 30.6 Å². The highest BCUT2D eigenvalue weighted by atomic mass is 16.3. The van der Waals surface area contributed by atoms with Crippen molar-refractivity contribution in [2.24, 2.45) is 0 Å². The van der Waals surface area contributed by atoms with Crippen LogP contribution >= 0.6 is 0 Å². The molecule has 0 aliphatic rings. The second kappa shape index (κ2) is 5.62. The van der Waals surface area contributed by atoms with E-state index in [0.717, 1.165) is 5.69 Å². The molecule has 2 N–H and O–H groups in total. The van der Waals surface area contributed by atoms with Crippen LogP contribution in [0.25, 0.3) is 5.69 Å². The smallest absolute Gasteiger partial charge is 0.271 e. The molecule has 0 spiro atoms. The Hall–Kier alpha value is -2.21. The summed E-state index contributed by atoms with van der Waals surface area (Å²) in [7, 11) is 1.56. The Balaban J connectivity index is 2.22. The van der Waals surface area contributed by atoms with Crippen molar-refractivity contribution in [2.45, 2.75) is 19.4 Å². The second-order valence-electron chi connectivity index (χ2n) is 4.09. The van der Waals surface area contributed by atoms with Gasteiger partial charge in [-0.05, 0) is 24.6 Å². The number of carbonyl (C=O) groups is 1. The predicted molar refractivity (Wildman–Crippen MR) is 70.0 cm³/mol. The number of amides is 1. The molecule has 0 saturated carbocycles. The zero-order valence-corrected chi connectivity index (χ0v) is 10.9. The molecule has 0 aliphatic heterocycles. The Labute approximate surface area is 111 Å². The fourth-order valence-electron chi connectivity index (χ4n) is 1.66. The summed E-state index contributed by atoms with van der Waals surface area (Å²) < 4.78 is 1.57. The number of rotatable bonds is 4. The van der Waals surface area contributed by atoms with Gasteiger partial charge >= 0.3 is 0 Å². The van der Waals surface area contributed by atoms with Gasteiger partial charge < -0.3 is 10.4 Å². The Bertz CT molecular complexity index is 562. The lowest BCUT2D eigenvalue weighted by atomic mass is 10.2. The standard InChI is InChI=1S/C13H16N4O2/c1-3-12(18)10-5-4-9(8-15-10)17-7-6-11(16-17)13(19)14-2/h4-8,12,18H,3H2,1-2H3,(H,14,19). The zero-order chi connectivity index (χ0) is 13.8. The molecule has 0 saturated heterocycles. The van der Waals surface area contributed by atoms with Gasteiger partial charge in [0.25, 0.3) is 5.91 Å². The number of aliphatic hydroxyl groups is 1. The van der Waals surface area contributed by atoms with Crippen molar-refractivity contribution in [3.05, 3.63) is 42.0 Å². The highest BCUT2D eigenvalue weighted by Crippen LogP contribution is 2.15. The third-order valence-corrected chi connectivity index (χ3v) is 2.81. The van der Waals surface area contributed by atoms with Crippen LogP contribution in [0, 0.1) is 0 Å². The lowest BCUT2D eigenvalue weighted by Crippen LogP contribution is -2.18. The van der Waals surface area contributed by atoms with E-state index in [2.05, 4.69) is 15.4 Å². The first-order chi connectivity index (χ1) is 9.15.